The number of rotatable bonds is 3. The molecule has 1 amide bonds. The number of benzene rings is 1. The van der Waals surface area contributed by atoms with Gasteiger partial charge in [-0.2, -0.15) is 5.26 Å². The minimum Gasteiger partial charge on any atom is -0.355 e. The maximum atomic E-state index is 13.8. The molecule has 1 fully saturated rings. The number of carbonyl (C=O) groups is 1. The van der Waals surface area contributed by atoms with Crippen LogP contribution in [0.4, 0.5) is 10.2 Å². The lowest BCUT2D eigenvalue weighted by molar-refractivity contribution is -0.123. The Balaban J connectivity index is 1.94. The topological polar surface area (TPSA) is 116 Å². The molecule has 1 aromatic heterocycles. The van der Waals surface area contributed by atoms with E-state index in [2.05, 4.69) is 9.97 Å². The Morgan fingerprint density at radius 2 is 2.19 bits per heavy atom. The number of piperidine rings is 1. The molecule has 8 nitrogen and oxygen atoms in total. The van der Waals surface area contributed by atoms with Gasteiger partial charge in [-0.3, -0.25) is 9.52 Å². The third kappa shape index (κ3) is 3.72. The summed E-state index contributed by atoms with van der Waals surface area (Å²) in [6, 6.07) is 4.36. The number of carbonyl (C=O) groups excluding carboxylic acids is 1. The highest BCUT2D eigenvalue weighted by molar-refractivity contribution is 7.89. The van der Waals surface area contributed by atoms with E-state index < -0.39 is 27.7 Å². The summed E-state index contributed by atoms with van der Waals surface area (Å²) in [5.41, 5.74) is 0.242. The van der Waals surface area contributed by atoms with Crippen molar-refractivity contribution < 1.29 is 17.6 Å². The first-order valence-electron chi connectivity index (χ1n) is 7.89. The van der Waals surface area contributed by atoms with E-state index in [9.17, 15) is 17.6 Å². The number of nitrogens with one attached hydrogen (secondary N) is 1. The highest BCUT2D eigenvalue weighted by Gasteiger charge is 2.29. The molecule has 1 N–H and O–H groups in total. The highest BCUT2D eigenvalue weighted by atomic mass is 32.2. The predicted octanol–water partition coefficient (Wildman–Crippen LogP) is 0.933. The van der Waals surface area contributed by atoms with Gasteiger partial charge in [0.2, 0.25) is 15.9 Å². The fourth-order valence-corrected chi connectivity index (χ4v) is 3.58. The molecule has 0 radical (unpaired) electrons. The summed E-state index contributed by atoms with van der Waals surface area (Å²) < 4.78 is 38.4. The molecular weight excluding hydrogens is 361 g/mol. The fourth-order valence-electron chi connectivity index (χ4n) is 3.05. The summed E-state index contributed by atoms with van der Waals surface area (Å²) >= 11 is 0. The van der Waals surface area contributed by atoms with E-state index in [4.69, 9.17) is 5.26 Å². The largest absolute Gasteiger partial charge is 0.355 e. The molecule has 0 spiro atoms. The van der Waals surface area contributed by atoms with Gasteiger partial charge < -0.3 is 4.90 Å². The van der Waals surface area contributed by atoms with E-state index in [1.165, 1.54) is 18.5 Å². The number of hydrogen-bond acceptors (Lipinski definition) is 7. The Labute approximate surface area is 149 Å². The lowest BCUT2D eigenvalue weighted by atomic mass is 9.97. The first kappa shape index (κ1) is 18.0. The minimum atomic E-state index is -3.62. The standard InChI is InChI=1S/C16H16FN5O3S/c1-26(24,25)21-16(23)10-3-2-4-22(8-10)15-12-5-11(7-18)13(17)6-14(12)19-9-20-15/h5-6,9-10H,2-4,8H2,1H3,(H,21,23). The van der Waals surface area contributed by atoms with Crippen LogP contribution in [0.25, 0.3) is 10.9 Å². The van der Waals surface area contributed by atoms with E-state index >= 15 is 0 Å². The average Bonchev–Trinajstić information content (AvgIpc) is 2.59. The second-order valence-electron chi connectivity index (χ2n) is 6.18. The second kappa shape index (κ2) is 6.84. The molecule has 1 aromatic carbocycles. The Kier molecular flexibility index (Phi) is 4.73. The van der Waals surface area contributed by atoms with Crippen LogP contribution in [0.1, 0.15) is 18.4 Å². The summed E-state index contributed by atoms with van der Waals surface area (Å²) in [6.07, 6.45) is 3.45. The number of nitrogens with zero attached hydrogens (tertiary/aromatic N) is 4. The van der Waals surface area contributed by atoms with Crippen LogP contribution in [-0.4, -0.2) is 43.6 Å². The lowest BCUT2D eigenvalue weighted by Crippen LogP contribution is -2.44. The van der Waals surface area contributed by atoms with Crippen LogP contribution >= 0.6 is 0 Å². The van der Waals surface area contributed by atoms with E-state index in [1.807, 2.05) is 9.62 Å². The van der Waals surface area contributed by atoms with E-state index in [0.29, 0.717) is 36.1 Å². The molecule has 1 aliphatic heterocycles. The Hall–Kier alpha value is -2.80. The lowest BCUT2D eigenvalue weighted by Gasteiger charge is -2.33. The van der Waals surface area contributed by atoms with Gasteiger partial charge in [0.1, 0.15) is 24.0 Å². The Morgan fingerprint density at radius 1 is 1.42 bits per heavy atom. The van der Waals surface area contributed by atoms with Crippen LogP contribution < -0.4 is 9.62 Å². The van der Waals surface area contributed by atoms with Gasteiger partial charge >= 0.3 is 0 Å². The Bertz CT molecular complexity index is 1020. The molecule has 136 valence electrons. The summed E-state index contributed by atoms with van der Waals surface area (Å²) in [4.78, 5) is 22.3. The quantitative estimate of drug-likeness (QED) is 0.846. The van der Waals surface area contributed by atoms with Gasteiger partial charge in [0.25, 0.3) is 0 Å². The molecular formula is C16H16FN5O3S. The van der Waals surface area contributed by atoms with E-state index in [-0.39, 0.29) is 12.1 Å². The third-order valence-electron chi connectivity index (χ3n) is 4.20. The summed E-state index contributed by atoms with van der Waals surface area (Å²) in [5, 5.41) is 9.56. The highest BCUT2D eigenvalue weighted by Crippen LogP contribution is 2.29. The molecule has 1 atom stereocenters. The number of hydrogen-bond donors (Lipinski definition) is 1. The zero-order valence-electron chi connectivity index (χ0n) is 13.9. The third-order valence-corrected chi connectivity index (χ3v) is 4.77. The SMILES string of the molecule is CS(=O)(=O)NC(=O)C1CCCN(c2ncnc3cc(F)c(C#N)cc23)C1. The molecule has 10 heteroatoms. The molecule has 2 aromatic rings. The van der Waals surface area contributed by atoms with E-state index in [1.54, 1.807) is 6.07 Å². The average molecular weight is 377 g/mol. The van der Waals surface area contributed by atoms with E-state index in [0.717, 1.165) is 6.26 Å². The van der Waals surface area contributed by atoms with Crippen LogP contribution in [0.3, 0.4) is 0 Å². The van der Waals surface area contributed by atoms with Gasteiger partial charge in [-0.25, -0.2) is 22.8 Å². The van der Waals surface area contributed by atoms with Crippen molar-refractivity contribution in [2.45, 2.75) is 12.8 Å². The number of halogens is 1. The molecule has 26 heavy (non-hydrogen) atoms. The number of anilines is 1. The van der Waals surface area contributed by atoms with Crippen molar-refractivity contribution in [3.63, 3.8) is 0 Å². The summed E-state index contributed by atoms with van der Waals surface area (Å²) in [6.45, 7) is 0.876. The molecule has 3 rings (SSSR count). The van der Waals surface area contributed by atoms with Crippen molar-refractivity contribution in [2.24, 2.45) is 5.92 Å². The number of nitriles is 1. The van der Waals surface area contributed by atoms with Gasteiger partial charge in [0, 0.05) is 24.5 Å². The fraction of sp³-hybridized carbons (Fsp3) is 0.375. The second-order valence-corrected chi connectivity index (χ2v) is 7.93. The number of aromatic nitrogens is 2. The first-order chi connectivity index (χ1) is 12.3. The smallest absolute Gasteiger partial charge is 0.238 e. The van der Waals surface area contributed by atoms with Crippen molar-refractivity contribution in [1.82, 2.24) is 14.7 Å². The monoisotopic (exact) mass is 377 g/mol. The van der Waals surface area contributed by atoms with Crippen LogP contribution in [0.5, 0.6) is 0 Å². The van der Waals surface area contributed by atoms with Gasteiger partial charge in [-0.1, -0.05) is 0 Å². The van der Waals surface area contributed by atoms with Crippen LogP contribution in [-0.2, 0) is 14.8 Å². The van der Waals surface area contributed by atoms with Crippen molar-refractivity contribution in [3.8, 4) is 6.07 Å². The number of amides is 1. The van der Waals surface area contributed by atoms with Crippen molar-refractivity contribution in [1.29, 1.82) is 5.26 Å². The number of sulfonamides is 1. The van der Waals surface area contributed by atoms with Crippen molar-refractivity contribution in [2.75, 3.05) is 24.2 Å². The van der Waals surface area contributed by atoms with Crippen LogP contribution in [0.2, 0.25) is 0 Å². The van der Waals surface area contributed by atoms with Crippen LogP contribution in [0.15, 0.2) is 18.5 Å². The van der Waals surface area contributed by atoms with Gasteiger partial charge in [0.05, 0.1) is 23.3 Å². The van der Waals surface area contributed by atoms with Gasteiger partial charge in [-0.05, 0) is 18.9 Å². The molecule has 2 heterocycles. The minimum absolute atomic E-state index is 0.114. The van der Waals surface area contributed by atoms with Crippen molar-refractivity contribution >= 4 is 32.7 Å². The molecule has 1 aliphatic rings. The zero-order chi connectivity index (χ0) is 18.9. The first-order valence-corrected chi connectivity index (χ1v) is 9.78. The predicted molar refractivity (Wildman–Crippen MR) is 92.1 cm³/mol. The Morgan fingerprint density at radius 3 is 2.88 bits per heavy atom. The summed E-state index contributed by atoms with van der Waals surface area (Å²) in [5.74, 6) is -1.24. The van der Waals surface area contributed by atoms with Crippen LogP contribution in [0, 0.1) is 23.1 Å². The molecule has 0 aliphatic carbocycles. The maximum Gasteiger partial charge on any atom is 0.238 e. The summed E-state index contributed by atoms with van der Waals surface area (Å²) in [7, 11) is -3.62. The van der Waals surface area contributed by atoms with Crippen molar-refractivity contribution in [3.05, 3.63) is 29.8 Å². The number of fused-ring (bicyclic) bond motifs is 1. The maximum absolute atomic E-state index is 13.8. The van der Waals surface area contributed by atoms with Gasteiger partial charge in [0.15, 0.2) is 0 Å². The molecule has 0 bridgehead atoms. The molecule has 0 saturated carbocycles. The molecule has 1 unspecified atom stereocenters. The van der Waals surface area contributed by atoms with Gasteiger partial charge in [-0.15, -0.1) is 0 Å². The normalized spacial score (nSPS) is 17.7. The molecule has 1 saturated heterocycles. The zero-order valence-corrected chi connectivity index (χ0v) is 14.8.